The van der Waals surface area contributed by atoms with Crippen molar-refractivity contribution < 1.29 is 28.9 Å². The number of amides is 2. The lowest BCUT2D eigenvalue weighted by molar-refractivity contribution is -0.253. The predicted octanol–water partition coefficient (Wildman–Crippen LogP) is 3.89. The number of aliphatic hydroxyl groups excluding tert-OH is 1. The van der Waals surface area contributed by atoms with Gasteiger partial charge in [-0.25, -0.2) is 4.79 Å². The first-order valence-corrected chi connectivity index (χ1v) is 13.1. The number of ether oxygens (including phenoxy) is 3. The summed E-state index contributed by atoms with van der Waals surface area (Å²) in [5.41, 5.74) is 3.37. The van der Waals surface area contributed by atoms with Gasteiger partial charge in [0.1, 0.15) is 6.54 Å². The molecule has 3 atom stereocenters. The van der Waals surface area contributed by atoms with Crippen LogP contribution in [0.5, 0.6) is 0 Å². The maximum absolute atomic E-state index is 12.1. The van der Waals surface area contributed by atoms with Crippen LogP contribution in [-0.4, -0.2) is 60.9 Å². The summed E-state index contributed by atoms with van der Waals surface area (Å²) in [7, 11) is 0. The zero-order valence-electron chi connectivity index (χ0n) is 21.4. The molecule has 200 valence electrons. The lowest BCUT2D eigenvalue weighted by Crippen LogP contribution is -2.41. The molecule has 0 bridgehead atoms. The Morgan fingerprint density at radius 1 is 1.00 bits per heavy atom. The molecule has 2 saturated heterocycles. The van der Waals surface area contributed by atoms with E-state index < -0.39 is 18.3 Å². The van der Waals surface area contributed by atoms with Crippen molar-refractivity contribution in [3.05, 3.63) is 65.2 Å². The fourth-order valence-corrected chi connectivity index (χ4v) is 4.73. The average molecular weight is 512 g/mol. The monoisotopic (exact) mass is 511 g/mol. The minimum absolute atomic E-state index is 0.0103. The summed E-state index contributed by atoms with van der Waals surface area (Å²) in [5.74, 6) is -0.487. The maximum Gasteiger partial charge on any atom is 0.325 e. The van der Waals surface area contributed by atoms with Gasteiger partial charge >= 0.3 is 12.0 Å². The van der Waals surface area contributed by atoms with Crippen molar-refractivity contribution >= 4 is 17.7 Å². The summed E-state index contributed by atoms with van der Waals surface area (Å²) in [6.45, 7) is 4.86. The minimum Gasteiger partial charge on any atom is -0.465 e. The predicted molar refractivity (Wildman–Crippen MR) is 139 cm³/mol. The number of carbonyl (C=O) groups excluding carboxylic acids is 2. The number of esters is 1. The van der Waals surface area contributed by atoms with Gasteiger partial charge in [0.05, 0.1) is 25.4 Å². The van der Waals surface area contributed by atoms with Crippen LogP contribution in [0.4, 0.5) is 10.5 Å². The van der Waals surface area contributed by atoms with Gasteiger partial charge in [0.25, 0.3) is 0 Å². The highest BCUT2D eigenvalue weighted by Gasteiger charge is 2.33. The number of anilines is 1. The van der Waals surface area contributed by atoms with Gasteiger partial charge < -0.3 is 34.9 Å². The molecule has 3 N–H and O–H groups in total. The van der Waals surface area contributed by atoms with Crippen LogP contribution in [0.3, 0.4) is 0 Å². The number of likely N-dealkylation sites (tertiary alicyclic amines) is 1. The van der Waals surface area contributed by atoms with E-state index in [1.54, 1.807) is 19.1 Å². The molecule has 0 radical (unpaired) electrons. The van der Waals surface area contributed by atoms with Crippen molar-refractivity contribution in [1.82, 2.24) is 10.2 Å². The van der Waals surface area contributed by atoms with Crippen LogP contribution in [0.15, 0.2) is 48.5 Å². The van der Waals surface area contributed by atoms with Gasteiger partial charge in [0, 0.05) is 24.2 Å². The Morgan fingerprint density at radius 2 is 1.70 bits per heavy atom. The van der Waals surface area contributed by atoms with E-state index in [1.807, 2.05) is 36.4 Å². The van der Waals surface area contributed by atoms with E-state index in [2.05, 4.69) is 15.5 Å². The number of urea groups is 1. The summed E-state index contributed by atoms with van der Waals surface area (Å²) >= 11 is 0. The van der Waals surface area contributed by atoms with Crippen molar-refractivity contribution in [2.75, 3.05) is 38.1 Å². The summed E-state index contributed by atoms with van der Waals surface area (Å²) < 4.78 is 17.6. The molecule has 0 saturated carbocycles. The second kappa shape index (κ2) is 13.5. The van der Waals surface area contributed by atoms with Crippen LogP contribution < -0.4 is 10.6 Å². The van der Waals surface area contributed by atoms with Crippen LogP contribution in [0.1, 0.15) is 61.7 Å². The molecular formula is C28H37N3O6. The topological polar surface area (TPSA) is 109 Å². The molecule has 4 rings (SSSR count). The number of nitrogens with zero attached hydrogens (tertiary/aromatic N) is 1. The number of carbonyl (C=O) groups is 2. The SMILES string of the molecule is CCOC(=O)CNC(=O)Nc1ccc([C@@H]2O[C@H](CN3CCCCC3)C[C@H](c3ccc(CO)cc3)O2)cc1. The largest absolute Gasteiger partial charge is 0.465 e. The highest BCUT2D eigenvalue weighted by Crippen LogP contribution is 2.38. The zero-order chi connectivity index (χ0) is 26.0. The van der Waals surface area contributed by atoms with E-state index in [9.17, 15) is 14.7 Å². The molecular weight excluding hydrogens is 474 g/mol. The number of aliphatic hydroxyl groups is 1. The number of rotatable bonds is 9. The van der Waals surface area contributed by atoms with Crippen LogP contribution >= 0.6 is 0 Å². The fraction of sp³-hybridized carbons (Fsp3) is 0.500. The Morgan fingerprint density at radius 3 is 2.38 bits per heavy atom. The highest BCUT2D eigenvalue weighted by molar-refractivity contribution is 5.91. The molecule has 0 unspecified atom stereocenters. The third-order valence-corrected chi connectivity index (χ3v) is 6.66. The molecule has 2 heterocycles. The van der Waals surface area contributed by atoms with Crippen molar-refractivity contribution in [1.29, 1.82) is 0 Å². The number of piperidine rings is 1. The molecule has 0 aromatic heterocycles. The zero-order valence-corrected chi connectivity index (χ0v) is 21.4. The second-order valence-corrected chi connectivity index (χ2v) is 9.45. The Kier molecular flexibility index (Phi) is 9.90. The van der Waals surface area contributed by atoms with Crippen LogP contribution in [0.2, 0.25) is 0 Å². The van der Waals surface area contributed by atoms with E-state index in [1.165, 1.54) is 19.3 Å². The molecule has 9 heteroatoms. The van der Waals surface area contributed by atoms with E-state index in [-0.39, 0.29) is 32.0 Å². The Labute approximate surface area is 218 Å². The third kappa shape index (κ3) is 8.00. The van der Waals surface area contributed by atoms with E-state index >= 15 is 0 Å². The molecule has 2 aromatic rings. The summed E-state index contributed by atoms with van der Waals surface area (Å²) in [5, 5.41) is 14.6. The Hall–Kier alpha value is -2.98. The Balaban J connectivity index is 1.42. The first-order valence-electron chi connectivity index (χ1n) is 13.1. The first kappa shape index (κ1) is 27.1. The van der Waals surface area contributed by atoms with Gasteiger partial charge in [-0.05, 0) is 56.1 Å². The smallest absolute Gasteiger partial charge is 0.325 e. The van der Waals surface area contributed by atoms with Crippen molar-refractivity contribution in [2.24, 2.45) is 0 Å². The number of hydrogen-bond donors (Lipinski definition) is 3. The van der Waals surface area contributed by atoms with Gasteiger partial charge in [-0.2, -0.15) is 0 Å². The molecule has 2 fully saturated rings. The first-order chi connectivity index (χ1) is 18.0. The maximum atomic E-state index is 12.1. The molecule has 9 nitrogen and oxygen atoms in total. The van der Waals surface area contributed by atoms with Crippen LogP contribution in [0.25, 0.3) is 0 Å². The molecule has 37 heavy (non-hydrogen) atoms. The lowest BCUT2D eigenvalue weighted by Gasteiger charge is -2.39. The molecule has 2 aliphatic rings. The lowest BCUT2D eigenvalue weighted by atomic mass is 9.99. The fourth-order valence-electron chi connectivity index (χ4n) is 4.73. The molecule has 2 amide bonds. The number of nitrogens with one attached hydrogen (secondary N) is 2. The van der Waals surface area contributed by atoms with Crippen molar-refractivity contribution in [3.8, 4) is 0 Å². The Bertz CT molecular complexity index is 1010. The molecule has 0 spiro atoms. The molecule has 2 aliphatic heterocycles. The average Bonchev–Trinajstić information content (AvgIpc) is 2.93. The second-order valence-electron chi connectivity index (χ2n) is 9.45. The molecule has 0 aliphatic carbocycles. The van der Waals surface area contributed by atoms with Crippen molar-refractivity contribution in [3.63, 3.8) is 0 Å². The van der Waals surface area contributed by atoms with Gasteiger partial charge in [0.2, 0.25) is 0 Å². The van der Waals surface area contributed by atoms with Gasteiger partial charge in [-0.1, -0.05) is 42.8 Å². The third-order valence-electron chi connectivity index (χ3n) is 6.66. The van der Waals surface area contributed by atoms with Gasteiger partial charge in [0.15, 0.2) is 6.29 Å². The van der Waals surface area contributed by atoms with Gasteiger partial charge in [-0.15, -0.1) is 0 Å². The number of hydrogen-bond acceptors (Lipinski definition) is 7. The summed E-state index contributed by atoms with van der Waals surface area (Å²) in [4.78, 5) is 26.0. The van der Waals surface area contributed by atoms with E-state index in [4.69, 9.17) is 14.2 Å². The highest BCUT2D eigenvalue weighted by atomic mass is 16.7. The normalized spacial score (nSPS) is 22.3. The minimum atomic E-state index is -0.544. The quantitative estimate of drug-likeness (QED) is 0.438. The van der Waals surface area contributed by atoms with E-state index in [0.29, 0.717) is 5.69 Å². The van der Waals surface area contributed by atoms with Crippen LogP contribution in [-0.2, 0) is 25.6 Å². The molecule has 2 aromatic carbocycles. The summed E-state index contributed by atoms with van der Waals surface area (Å²) in [6, 6.07) is 14.7. The van der Waals surface area contributed by atoms with Crippen molar-refractivity contribution in [2.45, 2.75) is 57.7 Å². The van der Waals surface area contributed by atoms with Gasteiger partial charge in [-0.3, -0.25) is 4.79 Å². The number of benzene rings is 2. The van der Waals surface area contributed by atoms with E-state index in [0.717, 1.165) is 42.7 Å². The standard InChI is InChI=1S/C28H37N3O6/c1-2-35-26(33)17-29-28(34)30-23-12-10-22(11-13-23)27-36-24(18-31-14-4-3-5-15-31)16-25(37-27)21-8-6-20(19-32)7-9-21/h6-13,24-25,27,32H,2-5,14-19H2,1H3,(H2,29,30,34)/t24-,25+,27+/m0/s1. The summed E-state index contributed by atoms with van der Waals surface area (Å²) in [6.07, 6.45) is 3.83. The van der Waals surface area contributed by atoms with Crippen LogP contribution in [0, 0.1) is 0 Å².